The molecule has 0 unspecified atom stereocenters. The van der Waals surface area contributed by atoms with Crippen LogP contribution in [0.5, 0.6) is 0 Å². The molecule has 1 saturated carbocycles. The summed E-state index contributed by atoms with van der Waals surface area (Å²) in [7, 11) is 0. The van der Waals surface area contributed by atoms with E-state index in [0.29, 0.717) is 11.3 Å². The Kier molecular flexibility index (Phi) is 10.8. The fourth-order valence-electron chi connectivity index (χ4n) is 9.04. The summed E-state index contributed by atoms with van der Waals surface area (Å²) in [5.74, 6) is 7.77. The van der Waals surface area contributed by atoms with Gasteiger partial charge in [0.1, 0.15) is 0 Å². The molecule has 61 heavy (non-hydrogen) atoms. The third-order valence-corrected chi connectivity index (χ3v) is 16.5. The Hall–Kier alpha value is -4.87. The Bertz CT molecular complexity index is 2980. The summed E-state index contributed by atoms with van der Waals surface area (Å²) in [6.45, 7) is 2.44. The van der Waals surface area contributed by atoms with Crippen LogP contribution in [0.4, 0.5) is 0 Å². The van der Waals surface area contributed by atoms with Crippen LogP contribution in [0.15, 0.2) is 146 Å². The number of nitrogens with zero attached hydrogens (tertiary/aromatic N) is 3. The predicted molar refractivity (Wildman–Crippen MR) is 255 cm³/mol. The van der Waals surface area contributed by atoms with E-state index in [1.807, 2.05) is 18.3 Å². The minimum absolute atomic E-state index is 0. The molecule has 0 spiro atoms. The standard InChI is InChI=1S/C34H25N2.C22H30GeN.Ir/c1-34(2)29-13-7-6-12-27(29)28-22-25(18-21-30(28)34)33-35-31-14-8-9-15-32(31)36(33)26-19-16-24(17-20-26)23-10-4-3-5-11-23;1-17-10-12-19(13-11-17)22-15-20(14-18-8-6-5-7-9-18)21(16-24-22)23(2,3)4;/h3-17,19-22H,1-2H3;10-12,15-16,18H,5-9,14H2,1-4H3;/q2*-1;/i;1D3,14D2;. The van der Waals surface area contributed by atoms with Gasteiger partial charge in [-0.25, -0.2) is 0 Å². The number of benzene rings is 6. The number of aromatic nitrogens is 3. The van der Waals surface area contributed by atoms with Crippen molar-refractivity contribution >= 4 is 28.7 Å². The van der Waals surface area contributed by atoms with Crippen LogP contribution >= 0.6 is 0 Å². The van der Waals surface area contributed by atoms with Crippen LogP contribution in [0.1, 0.15) is 75.1 Å². The third-order valence-electron chi connectivity index (χ3n) is 12.3. The maximum absolute atomic E-state index is 9.04. The van der Waals surface area contributed by atoms with Gasteiger partial charge in [0.15, 0.2) is 0 Å². The van der Waals surface area contributed by atoms with E-state index in [4.69, 9.17) is 11.8 Å². The number of imidazole rings is 1. The number of para-hydroxylation sites is 2. The van der Waals surface area contributed by atoms with Gasteiger partial charge in [-0.3, -0.25) is 4.98 Å². The summed E-state index contributed by atoms with van der Waals surface area (Å²) >= 11 is -2.35. The molecule has 6 aromatic carbocycles. The van der Waals surface area contributed by atoms with Gasteiger partial charge in [-0.05, 0) is 51.9 Å². The van der Waals surface area contributed by atoms with Crippen LogP contribution in [0.25, 0.3) is 61.6 Å². The molecular formula is C56H55GeIrN3-2. The molecule has 0 amide bonds. The molecule has 3 nitrogen and oxygen atoms in total. The number of rotatable bonds is 7. The maximum Gasteiger partial charge on any atom is 0 e. The zero-order chi connectivity index (χ0) is 45.7. The van der Waals surface area contributed by atoms with E-state index in [2.05, 4.69) is 162 Å². The minimum Gasteiger partial charge on any atom is 0 e. The van der Waals surface area contributed by atoms with Crippen molar-refractivity contribution in [3.8, 4) is 50.6 Å². The molecule has 0 saturated heterocycles. The minimum atomic E-state index is -2.35. The zero-order valence-electron chi connectivity index (χ0n) is 40.6. The summed E-state index contributed by atoms with van der Waals surface area (Å²) in [6.07, 6.45) is 5.74. The van der Waals surface area contributed by atoms with Crippen LogP contribution in [0, 0.1) is 24.9 Å². The summed E-state index contributed by atoms with van der Waals surface area (Å²) in [4.78, 5) is 9.72. The number of fused-ring (bicyclic) bond motifs is 4. The van der Waals surface area contributed by atoms with Gasteiger partial charge in [0.2, 0.25) is 0 Å². The second-order valence-corrected chi connectivity index (χ2v) is 28.4. The monoisotopic (exact) mass is 1040 g/mol. The van der Waals surface area contributed by atoms with Gasteiger partial charge >= 0.3 is 157 Å². The van der Waals surface area contributed by atoms with Crippen molar-refractivity contribution in [1.82, 2.24) is 14.5 Å². The van der Waals surface area contributed by atoms with Gasteiger partial charge in [0, 0.05) is 25.8 Å². The summed E-state index contributed by atoms with van der Waals surface area (Å²) in [5, 5.41) is 0. The fourth-order valence-corrected chi connectivity index (χ4v) is 12.0. The first-order valence-electron chi connectivity index (χ1n) is 23.9. The molecule has 0 bridgehead atoms. The molecule has 2 heterocycles. The maximum atomic E-state index is 9.04. The molecular weight excluding hydrogens is 979 g/mol. The van der Waals surface area contributed by atoms with E-state index in [-0.39, 0.29) is 37.0 Å². The Morgan fingerprint density at radius 2 is 1.44 bits per heavy atom. The van der Waals surface area contributed by atoms with Crippen molar-refractivity contribution in [1.29, 1.82) is 0 Å². The molecule has 0 aliphatic heterocycles. The first-order chi connectivity index (χ1) is 31.0. The SMILES string of the molecule is CC1(C)c2c[c-]c(-c3nc4ccccc4n3-c3ccc(-c4ccccc4)cc3)cc2-c2ccccc21.[2H]C([2H])([2H])c1c[c-]c(-c2cc(C([2H])([2H])C3CCCCC3)[c]([Ge]([CH3])([CH3])[CH3])cn2)cc1.[Ir]. The van der Waals surface area contributed by atoms with Gasteiger partial charge in [0.25, 0.3) is 0 Å². The smallest absolute Gasteiger partial charge is 0 e. The van der Waals surface area contributed by atoms with Crippen molar-refractivity contribution < 1.29 is 27.0 Å². The average molecular weight is 1040 g/mol. The number of pyridine rings is 1. The van der Waals surface area contributed by atoms with Gasteiger partial charge in [-0.2, -0.15) is 0 Å². The zero-order valence-corrected chi connectivity index (χ0v) is 40.1. The van der Waals surface area contributed by atoms with Crippen LogP contribution in [0.3, 0.4) is 0 Å². The van der Waals surface area contributed by atoms with Crippen molar-refractivity contribution in [3.63, 3.8) is 0 Å². The van der Waals surface area contributed by atoms with Crippen LogP contribution in [0.2, 0.25) is 17.3 Å². The largest absolute Gasteiger partial charge is 0 e. The quantitative estimate of drug-likeness (QED) is 0.118. The van der Waals surface area contributed by atoms with Gasteiger partial charge in [-0.1, -0.05) is 98.3 Å². The molecule has 309 valence electrons. The second-order valence-electron chi connectivity index (χ2n) is 17.9. The fraction of sp³-hybridized carbons (Fsp3) is 0.250. The predicted octanol–water partition coefficient (Wildman–Crippen LogP) is 14.0. The summed E-state index contributed by atoms with van der Waals surface area (Å²) in [6, 6.07) is 54.2. The van der Waals surface area contributed by atoms with E-state index in [1.165, 1.54) is 45.9 Å². The Labute approximate surface area is 386 Å². The summed E-state index contributed by atoms with van der Waals surface area (Å²) < 4.78 is 44.0. The van der Waals surface area contributed by atoms with Gasteiger partial charge in [0.05, 0.1) is 16.9 Å². The average Bonchev–Trinajstić information content (AvgIpc) is 3.81. The Balaban J connectivity index is 0.000000182. The van der Waals surface area contributed by atoms with Crippen molar-refractivity contribution in [2.24, 2.45) is 5.92 Å². The third kappa shape index (κ3) is 8.78. The Morgan fingerprint density at radius 1 is 0.738 bits per heavy atom. The molecule has 1 fully saturated rings. The second kappa shape index (κ2) is 17.9. The number of hydrogen-bond acceptors (Lipinski definition) is 2. The molecule has 2 aromatic heterocycles. The van der Waals surface area contributed by atoms with E-state index in [9.17, 15) is 0 Å². The topological polar surface area (TPSA) is 30.7 Å². The van der Waals surface area contributed by atoms with Gasteiger partial charge in [-0.15, -0.1) is 29.3 Å². The molecule has 2 aliphatic carbocycles. The van der Waals surface area contributed by atoms with E-state index in [0.717, 1.165) is 63.8 Å². The number of hydrogen-bond donors (Lipinski definition) is 0. The molecule has 2 aliphatic rings. The molecule has 0 N–H and O–H groups in total. The first-order valence-corrected chi connectivity index (χ1v) is 28.7. The molecule has 0 atom stereocenters. The molecule has 5 heteroatoms. The van der Waals surface area contributed by atoms with Crippen molar-refractivity contribution in [2.75, 3.05) is 0 Å². The number of aryl methyl sites for hydroxylation is 1. The van der Waals surface area contributed by atoms with Crippen LogP contribution < -0.4 is 4.40 Å². The van der Waals surface area contributed by atoms with Gasteiger partial charge < -0.3 is 4.57 Å². The van der Waals surface area contributed by atoms with E-state index >= 15 is 0 Å². The Morgan fingerprint density at radius 3 is 2.18 bits per heavy atom. The van der Waals surface area contributed by atoms with E-state index < -0.39 is 26.5 Å². The molecule has 8 aromatic rings. The summed E-state index contributed by atoms with van der Waals surface area (Å²) in [5.41, 5.74) is 14.2. The van der Waals surface area contributed by atoms with Crippen molar-refractivity contribution in [3.05, 3.63) is 180 Å². The normalized spacial score (nSPS) is 16.0. The van der Waals surface area contributed by atoms with E-state index in [1.54, 1.807) is 12.1 Å². The molecule has 1 radical (unpaired) electrons. The molecule has 10 rings (SSSR count). The van der Waals surface area contributed by atoms with Crippen molar-refractivity contribution in [2.45, 2.75) is 81.9 Å². The van der Waals surface area contributed by atoms with Crippen LogP contribution in [-0.4, -0.2) is 27.8 Å². The first kappa shape index (κ1) is 36.8. The van der Waals surface area contributed by atoms with Crippen LogP contribution in [-0.2, 0) is 31.9 Å².